The zero-order valence-electron chi connectivity index (χ0n) is 7.23. The summed E-state index contributed by atoms with van der Waals surface area (Å²) in [5, 5.41) is 0. The average Bonchev–Trinajstić information content (AvgIpc) is 1.89. The van der Waals surface area contributed by atoms with E-state index in [4.69, 9.17) is 0 Å². The van der Waals surface area contributed by atoms with Crippen molar-refractivity contribution in [2.24, 2.45) is 0 Å². The van der Waals surface area contributed by atoms with Crippen molar-refractivity contribution in [2.45, 2.75) is 45.4 Å². The van der Waals surface area contributed by atoms with Crippen LogP contribution in [-0.2, 0) is 0 Å². The Bertz CT molecular complexity index is 59.7. The van der Waals surface area contributed by atoms with Crippen LogP contribution in [0, 0.1) is 0 Å². The molecule has 0 unspecified atom stereocenters. The lowest BCUT2D eigenvalue weighted by Gasteiger charge is -1.94. The smallest absolute Gasteiger partial charge is 0.0353 e. The fourth-order valence-corrected chi connectivity index (χ4v) is 0.892. The summed E-state index contributed by atoms with van der Waals surface area (Å²) in [5.74, 6) is 0. The first kappa shape index (κ1) is 12.4. The molecule has 62 valence electrons. The maximum atomic E-state index is 3.68. The Balaban J connectivity index is 0. The first-order valence-corrected chi connectivity index (χ1v) is 4.02. The maximum Gasteiger partial charge on any atom is -0.0353 e. The van der Waals surface area contributed by atoms with Gasteiger partial charge in [0.1, 0.15) is 0 Å². The van der Waals surface area contributed by atoms with Gasteiger partial charge in [0, 0.05) is 0 Å². The van der Waals surface area contributed by atoms with Crippen LogP contribution in [0.5, 0.6) is 0 Å². The third-order valence-corrected chi connectivity index (χ3v) is 1.51. The van der Waals surface area contributed by atoms with Crippen molar-refractivity contribution < 1.29 is 0 Å². The van der Waals surface area contributed by atoms with Gasteiger partial charge in [-0.25, -0.2) is 0 Å². The van der Waals surface area contributed by atoms with Crippen LogP contribution in [0.15, 0.2) is 12.7 Å². The van der Waals surface area contributed by atoms with E-state index in [9.17, 15) is 0 Å². The van der Waals surface area contributed by atoms with E-state index in [1.807, 2.05) is 6.08 Å². The minimum Gasteiger partial charge on any atom is -0.344 e. The molecule has 1 nitrogen and oxygen atoms in total. The molecule has 0 aliphatic rings. The molecule has 0 heterocycles. The summed E-state index contributed by atoms with van der Waals surface area (Å²) in [6.45, 7) is 5.92. The van der Waals surface area contributed by atoms with Crippen molar-refractivity contribution in [3.8, 4) is 0 Å². The normalized spacial score (nSPS) is 8.50. The van der Waals surface area contributed by atoms with E-state index in [1.54, 1.807) is 0 Å². The number of hydrogen-bond donors (Lipinski definition) is 1. The lowest BCUT2D eigenvalue weighted by Crippen LogP contribution is -1.74. The lowest BCUT2D eigenvalue weighted by atomic mass is 10.1. The molecule has 0 saturated carbocycles. The topological polar surface area (TPSA) is 35.0 Å². The fourth-order valence-electron chi connectivity index (χ4n) is 0.892. The van der Waals surface area contributed by atoms with Crippen LogP contribution in [0.3, 0.4) is 0 Å². The molecule has 0 saturated heterocycles. The van der Waals surface area contributed by atoms with Crippen molar-refractivity contribution in [2.75, 3.05) is 0 Å². The Hall–Kier alpha value is -0.300. The minimum atomic E-state index is 0. The monoisotopic (exact) mass is 143 g/mol. The Morgan fingerprint density at radius 1 is 1.10 bits per heavy atom. The second kappa shape index (κ2) is 11.5. The summed E-state index contributed by atoms with van der Waals surface area (Å²) >= 11 is 0. The molecule has 1 heteroatoms. The van der Waals surface area contributed by atoms with Gasteiger partial charge >= 0.3 is 0 Å². The highest BCUT2D eigenvalue weighted by Gasteiger charge is 1.84. The molecule has 0 aliphatic heterocycles. The molecule has 0 atom stereocenters. The fraction of sp³-hybridized carbons (Fsp3) is 0.778. The largest absolute Gasteiger partial charge is 0.344 e. The highest BCUT2D eigenvalue weighted by Crippen LogP contribution is 2.04. The zero-order valence-corrected chi connectivity index (χ0v) is 7.23. The van der Waals surface area contributed by atoms with E-state index in [2.05, 4.69) is 13.5 Å². The molecule has 0 aromatic carbocycles. The summed E-state index contributed by atoms with van der Waals surface area (Å²) in [7, 11) is 0. The van der Waals surface area contributed by atoms with Gasteiger partial charge in [-0.05, 0) is 12.8 Å². The van der Waals surface area contributed by atoms with Gasteiger partial charge in [0.2, 0.25) is 0 Å². The lowest BCUT2D eigenvalue weighted by molar-refractivity contribution is 0.638. The quantitative estimate of drug-likeness (QED) is 0.446. The van der Waals surface area contributed by atoms with E-state index in [-0.39, 0.29) is 6.15 Å². The highest BCUT2D eigenvalue weighted by molar-refractivity contribution is 4.65. The van der Waals surface area contributed by atoms with Gasteiger partial charge < -0.3 is 6.15 Å². The molecule has 0 fully saturated rings. The molecule has 10 heavy (non-hydrogen) atoms. The second-order valence-electron chi connectivity index (χ2n) is 2.49. The van der Waals surface area contributed by atoms with Crippen molar-refractivity contribution in [1.82, 2.24) is 6.15 Å². The van der Waals surface area contributed by atoms with E-state index < -0.39 is 0 Å². The van der Waals surface area contributed by atoms with E-state index >= 15 is 0 Å². The second-order valence-corrected chi connectivity index (χ2v) is 2.49. The maximum absolute atomic E-state index is 3.68. The molecule has 0 aliphatic carbocycles. The third-order valence-electron chi connectivity index (χ3n) is 1.51. The van der Waals surface area contributed by atoms with Gasteiger partial charge in [-0.1, -0.05) is 38.7 Å². The summed E-state index contributed by atoms with van der Waals surface area (Å²) in [4.78, 5) is 0. The summed E-state index contributed by atoms with van der Waals surface area (Å²) in [6.07, 6.45) is 10.1. The number of unbranched alkanes of at least 4 members (excludes halogenated alkanes) is 5. The van der Waals surface area contributed by atoms with Crippen LogP contribution in [0.1, 0.15) is 45.4 Å². The Kier molecular flexibility index (Phi) is 14.2. The number of rotatable bonds is 6. The van der Waals surface area contributed by atoms with E-state index in [0.717, 1.165) is 0 Å². The van der Waals surface area contributed by atoms with Crippen LogP contribution in [0.25, 0.3) is 0 Å². The van der Waals surface area contributed by atoms with Crippen LogP contribution < -0.4 is 6.15 Å². The predicted molar refractivity (Wildman–Crippen MR) is 48.6 cm³/mol. The number of allylic oxidation sites excluding steroid dienone is 1. The highest BCUT2D eigenvalue weighted by atomic mass is 14.0. The zero-order chi connectivity index (χ0) is 6.95. The molecular formula is C9H21N. The van der Waals surface area contributed by atoms with Gasteiger partial charge in [0.05, 0.1) is 0 Å². The SMILES string of the molecule is C=CCCCCCCC.N. The van der Waals surface area contributed by atoms with Gasteiger partial charge in [-0.2, -0.15) is 0 Å². The van der Waals surface area contributed by atoms with Crippen molar-refractivity contribution in [3.63, 3.8) is 0 Å². The van der Waals surface area contributed by atoms with Gasteiger partial charge in [0.15, 0.2) is 0 Å². The van der Waals surface area contributed by atoms with Crippen LogP contribution in [-0.4, -0.2) is 0 Å². The van der Waals surface area contributed by atoms with Gasteiger partial charge in [0.25, 0.3) is 0 Å². The molecule has 3 N–H and O–H groups in total. The molecule has 0 amide bonds. The Labute approximate surface area is 65.1 Å². The van der Waals surface area contributed by atoms with E-state index in [0.29, 0.717) is 0 Å². The third kappa shape index (κ3) is 10.6. The van der Waals surface area contributed by atoms with Crippen LogP contribution in [0.4, 0.5) is 0 Å². The van der Waals surface area contributed by atoms with Crippen molar-refractivity contribution in [3.05, 3.63) is 12.7 Å². The van der Waals surface area contributed by atoms with Crippen molar-refractivity contribution in [1.29, 1.82) is 0 Å². The van der Waals surface area contributed by atoms with Crippen LogP contribution in [0.2, 0.25) is 0 Å². The molecule has 0 rings (SSSR count). The predicted octanol–water partition coefficient (Wildman–Crippen LogP) is 3.69. The number of hydrogen-bond acceptors (Lipinski definition) is 1. The van der Waals surface area contributed by atoms with Crippen molar-refractivity contribution >= 4 is 0 Å². The molecule has 0 radical (unpaired) electrons. The molecule has 0 spiro atoms. The first-order chi connectivity index (χ1) is 4.41. The summed E-state index contributed by atoms with van der Waals surface area (Å²) < 4.78 is 0. The standard InChI is InChI=1S/C9H18.H3N/c1-3-5-7-9-8-6-4-2;/h3H,1,4-9H2,2H3;1H3. The minimum absolute atomic E-state index is 0. The Morgan fingerprint density at radius 3 is 2.20 bits per heavy atom. The van der Waals surface area contributed by atoms with Gasteiger partial charge in [-0.15, -0.1) is 6.58 Å². The summed E-state index contributed by atoms with van der Waals surface area (Å²) in [5.41, 5.74) is 0. The summed E-state index contributed by atoms with van der Waals surface area (Å²) in [6, 6.07) is 0. The van der Waals surface area contributed by atoms with Gasteiger partial charge in [-0.3, -0.25) is 0 Å². The van der Waals surface area contributed by atoms with Crippen LogP contribution >= 0.6 is 0 Å². The molecule has 0 aromatic rings. The molecule has 0 bridgehead atoms. The Morgan fingerprint density at radius 2 is 1.70 bits per heavy atom. The first-order valence-electron chi connectivity index (χ1n) is 4.02. The van der Waals surface area contributed by atoms with E-state index in [1.165, 1.54) is 38.5 Å². The molecular weight excluding hydrogens is 122 g/mol. The average molecular weight is 143 g/mol. The molecule has 0 aromatic heterocycles.